The van der Waals surface area contributed by atoms with Crippen LogP contribution in [-0.2, 0) is 24.4 Å². The first kappa shape index (κ1) is 14.2. The number of ether oxygens (including phenoxy) is 1. The summed E-state index contributed by atoms with van der Waals surface area (Å²) in [4.78, 5) is 10.8. The van der Waals surface area contributed by atoms with Gasteiger partial charge < -0.3 is 4.74 Å². The summed E-state index contributed by atoms with van der Waals surface area (Å²) in [6.45, 7) is 1.32. The largest absolute Gasteiger partial charge is 0.372 e. The van der Waals surface area contributed by atoms with Gasteiger partial charge in [-0.25, -0.2) is 0 Å². The first-order valence-electron chi connectivity index (χ1n) is 6.71. The third kappa shape index (κ3) is 2.99. The van der Waals surface area contributed by atoms with Crippen LogP contribution in [0.1, 0.15) is 27.1 Å². The second kappa shape index (κ2) is 5.95. The van der Waals surface area contributed by atoms with Crippen molar-refractivity contribution in [1.82, 2.24) is 0 Å². The average molecular weight is 348 g/mol. The Hall–Kier alpha value is -1.72. The van der Waals surface area contributed by atoms with Gasteiger partial charge in [-0.05, 0) is 23.1 Å². The Bertz CT molecular complexity index is 687. The second-order valence-corrected chi connectivity index (χ2v) is 6.18. The molecule has 0 radical (unpaired) electrons. The molecule has 0 N–H and O–H groups in total. The van der Waals surface area contributed by atoms with E-state index in [-0.39, 0.29) is 15.4 Å². The second-order valence-electron chi connectivity index (χ2n) is 5.08. The van der Waals surface area contributed by atoms with E-state index in [1.165, 1.54) is 11.1 Å². The highest BCUT2D eigenvalue weighted by molar-refractivity contribution is 9.09. The van der Waals surface area contributed by atoms with Crippen LogP contribution in [0.25, 0.3) is 0 Å². The van der Waals surface area contributed by atoms with E-state index >= 15 is 0 Å². The highest BCUT2D eigenvalue weighted by Crippen LogP contribution is 2.33. The van der Waals surface area contributed by atoms with Gasteiger partial charge in [0.05, 0.1) is 18.1 Å². The Morgan fingerprint density at radius 1 is 1.19 bits per heavy atom. The summed E-state index contributed by atoms with van der Waals surface area (Å²) in [6, 6.07) is 13.1. The first-order valence-corrected chi connectivity index (χ1v) is 7.62. The van der Waals surface area contributed by atoms with Crippen LogP contribution < -0.4 is 0 Å². The van der Waals surface area contributed by atoms with Crippen molar-refractivity contribution in [2.24, 2.45) is 0 Å². The van der Waals surface area contributed by atoms with Crippen molar-refractivity contribution in [2.45, 2.75) is 24.5 Å². The van der Waals surface area contributed by atoms with E-state index in [1.54, 1.807) is 12.1 Å². The van der Waals surface area contributed by atoms with Crippen molar-refractivity contribution in [1.29, 1.82) is 0 Å². The van der Waals surface area contributed by atoms with Crippen LogP contribution in [0, 0.1) is 10.1 Å². The van der Waals surface area contributed by atoms with Crippen LogP contribution in [0.3, 0.4) is 0 Å². The van der Waals surface area contributed by atoms with Crippen LogP contribution in [-0.4, -0.2) is 4.92 Å². The van der Waals surface area contributed by atoms with E-state index < -0.39 is 0 Å². The quantitative estimate of drug-likeness (QED) is 0.470. The van der Waals surface area contributed by atoms with Crippen LogP contribution >= 0.6 is 15.9 Å². The predicted molar refractivity (Wildman–Crippen MR) is 83.4 cm³/mol. The zero-order chi connectivity index (χ0) is 14.8. The lowest BCUT2D eigenvalue weighted by atomic mass is 9.99. The number of nitrogens with zero attached hydrogens (tertiary/aromatic N) is 1. The summed E-state index contributed by atoms with van der Waals surface area (Å²) in [7, 11) is 0. The lowest BCUT2D eigenvalue weighted by Gasteiger charge is -2.12. The number of nitro groups is 1. The highest BCUT2D eigenvalue weighted by Gasteiger charge is 2.19. The van der Waals surface area contributed by atoms with E-state index in [0.29, 0.717) is 19.6 Å². The summed E-state index contributed by atoms with van der Waals surface area (Å²) in [5.41, 5.74) is 4.47. The first-order chi connectivity index (χ1) is 10.1. The lowest BCUT2D eigenvalue weighted by Crippen LogP contribution is -2.00. The molecule has 0 amide bonds. The lowest BCUT2D eigenvalue weighted by molar-refractivity contribution is -0.385. The van der Waals surface area contributed by atoms with E-state index in [0.717, 1.165) is 11.1 Å². The number of halogens is 1. The number of alkyl halides is 1. The van der Waals surface area contributed by atoms with Gasteiger partial charge in [-0.15, -0.1) is 0 Å². The molecule has 1 aliphatic heterocycles. The Labute approximate surface area is 131 Å². The fourth-order valence-electron chi connectivity index (χ4n) is 2.56. The van der Waals surface area contributed by atoms with Crippen LogP contribution in [0.5, 0.6) is 0 Å². The van der Waals surface area contributed by atoms with Gasteiger partial charge in [0.25, 0.3) is 5.69 Å². The Balaban J connectivity index is 1.83. The minimum absolute atomic E-state index is 0.0458. The maximum absolute atomic E-state index is 11.1. The molecular formula is C16H14BrNO3. The Morgan fingerprint density at radius 2 is 1.95 bits per heavy atom. The monoisotopic (exact) mass is 347 g/mol. The van der Waals surface area contributed by atoms with Gasteiger partial charge in [-0.1, -0.05) is 52.3 Å². The molecule has 0 aromatic heterocycles. The Kier molecular flexibility index (Phi) is 4.03. The van der Waals surface area contributed by atoms with E-state index in [9.17, 15) is 10.1 Å². The number of hydrogen-bond donors (Lipinski definition) is 0. The van der Waals surface area contributed by atoms with Crippen molar-refractivity contribution >= 4 is 21.6 Å². The number of benzene rings is 2. The zero-order valence-corrected chi connectivity index (χ0v) is 12.9. The van der Waals surface area contributed by atoms with Crippen molar-refractivity contribution in [3.05, 3.63) is 74.8 Å². The molecule has 1 aliphatic rings. The molecule has 4 nitrogen and oxygen atoms in total. The van der Waals surface area contributed by atoms with Gasteiger partial charge in [0.15, 0.2) is 0 Å². The van der Waals surface area contributed by atoms with E-state index in [2.05, 4.69) is 34.1 Å². The minimum atomic E-state index is -0.328. The number of rotatable bonds is 4. The standard InChI is InChI=1S/C16H14BrNO3/c17-15(8-12-3-1-2-4-16(12)18(19)20)11-5-6-13-9-21-10-14(13)7-11/h1-7,15H,8-10H2. The molecule has 0 spiro atoms. The zero-order valence-electron chi connectivity index (χ0n) is 11.3. The van der Waals surface area contributed by atoms with Gasteiger partial charge in [0.2, 0.25) is 0 Å². The molecule has 1 unspecified atom stereocenters. The third-order valence-electron chi connectivity index (χ3n) is 3.69. The molecular weight excluding hydrogens is 334 g/mol. The topological polar surface area (TPSA) is 52.4 Å². The van der Waals surface area contributed by atoms with Crippen LogP contribution in [0.15, 0.2) is 42.5 Å². The van der Waals surface area contributed by atoms with Gasteiger partial charge in [-0.2, -0.15) is 0 Å². The number of para-hydroxylation sites is 1. The summed E-state index contributed by atoms with van der Waals surface area (Å²) in [5, 5.41) is 11.1. The summed E-state index contributed by atoms with van der Waals surface area (Å²) in [5.74, 6) is 0. The van der Waals surface area contributed by atoms with Gasteiger partial charge in [0, 0.05) is 16.5 Å². The van der Waals surface area contributed by atoms with Crippen molar-refractivity contribution in [3.8, 4) is 0 Å². The van der Waals surface area contributed by atoms with Crippen LogP contribution in [0.4, 0.5) is 5.69 Å². The van der Waals surface area contributed by atoms with Crippen molar-refractivity contribution < 1.29 is 9.66 Å². The third-order valence-corrected chi connectivity index (χ3v) is 4.55. The fraction of sp³-hybridized carbons (Fsp3) is 0.250. The molecule has 108 valence electrons. The maximum Gasteiger partial charge on any atom is 0.272 e. The molecule has 1 heterocycles. The molecule has 2 aromatic rings. The molecule has 1 atom stereocenters. The SMILES string of the molecule is O=[N+]([O-])c1ccccc1CC(Br)c1ccc2c(c1)COC2. The molecule has 0 saturated heterocycles. The van der Waals surface area contributed by atoms with Gasteiger partial charge in [-0.3, -0.25) is 10.1 Å². The maximum atomic E-state index is 11.1. The molecule has 0 saturated carbocycles. The Morgan fingerprint density at radius 3 is 2.76 bits per heavy atom. The summed E-state index contributed by atoms with van der Waals surface area (Å²) >= 11 is 3.65. The molecule has 5 heteroatoms. The number of fused-ring (bicyclic) bond motifs is 1. The summed E-state index contributed by atoms with van der Waals surface area (Å²) in [6.07, 6.45) is 0.580. The molecule has 21 heavy (non-hydrogen) atoms. The molecule has 3 rings (SSSR count). The minimum Gasteiger partial charge on any atom is -0.372 e. The van der Waals surface area contributed by atoms with Gasteiger partial charge >= 0.3 is 0 Å². The molecule has 0 bridgehead atoms. The van der Waals surface area contributed by atoms with Crippen molar-refractivity contribution in [2.75, 3.05) is 0 Å². The summed E-state index contributed by atoms with van der Waals surface area (Å²) < 4.78 is 5.41. The number of nitro benzene ring substituents is 1. The highest BCUT2D eigenvalue weighted by atomic mass is 79.9. The van der Waals surface area contributed by atoms with Crippen molar-refractivity contribution in [3.63, 3.8) is 0 Å². The fourth-order valence-corrected chi connectivity index (χ4v) is 3.19. The predicted octanol–water partition coefficient (Wildman–Crippen LogP) is 4.30. The van der Waals surface area contributed by atoms with E-state index in [4.69, 9.17) is 4.74 Å². The van der Waals surface area contributed by atoms with E-state index in [1.807, 2.05) is 12.1 Å². The number of hydrogen-bond acceptors (Lipinski definition) is 3. The molecule has 2 aromatic carbocycles. The van der Waals surface area contributed by atoms with Gasteiger partial charge in [0.1, 0.15) is 0 Å². The smallest absolute Gasteiger partial charge is 0.272 e. The molecule has 0 aliphatic carbocycles. The average Bonchev–Trinajstić information content (AvgIpc) is 2.94. The normalized spacial score (nSPS) is 14.7. The van der Waals surface area contributed by atoms with Crippen LogP contribution in [0.2, 0.25) is 0 Å². The molecule has 0 fully saturated rings.